The number of nitrogens with two attached hydrogens (primary N) is 1. The fourth-order valence-electron chi connectivity index (χ4n) is 2.99. The van der Waals surface area contributed by atoms with Crippen molar-refractivity contribution in [1.29, 1.82) is 0 Å². The number of nitrogens with one attached hydrogen (secondary N) is 1. The molecule has 1 aliphatic rings. The van der Waals surface area contributed by atoms with Crippen LogP contribution in [0.3, 0.4) is 0 Å². The molecular formula is C15H19N3. The second-order valence-electron chi connectivity index (χ2n) is 5.98. The van der Waals surface area contributed by atoms with E-state index in [-0.39, 0.29) is 11.5 Å². The second-order valence-corrected chi connectivity index (χ2v) is 5.98. The minimum atomic E-state index is 0.0812. The summed E-state index contributed by atoms with van der Waals surface area (Å²) in [6.45, 7) is 4.53. The Bertz CT molecular complexity index is 554. The molecule has 0 fully saturated rings. The molecule has 1 atom stereocenters. The zero-order chi connectivity index (χ0) is 12.8. The zero-order valence-electron chi connectivity index (χ0n) is 10.9. The van der Waals surface area contributed by atoms with Crippen LogP contribution in [-0.4, -0.2) is 10.2 Å². The normalized spacial score (nSPS) is 21.6. The van der Waals surface area contributed by atoms with Crippen molar-refractivity contribution in [2.45, 2.75) is 32.7 Å². The molecule has 18 heavy (non-hydrogen) atoms. The highest BCUT2D eigenvalue weighted by Gasteiger charge is 2.34. The van der Waals surface area contributed by atoms with Crippen molar-refractivity contribution in [3.63, 3.8) is 0 Å². The number of fused-ring (bicyclic) bond motifs is 1. The van der Waals surface area contributed by atoms with Crippen molar-refractivity contribution >= 4 is 0 Å². The molecule has 3 heteroatoms. The van der Waals surface area contributed by atoms with Crippen LogP contribution in [0, 0.1) is 5.41 Å². The number of hydrogen-bond donors (Lipinski definition) is 2. The van der Waals surface area contributed by atoms with Gasteiger partial charge < -0.3 is 5.73 Å². The van der Waals surface area contributed by atoms with E-state index in [4.69, 9.17) is 5.73 Å². The van der Waals surface area contributed by atoms with E-state index in [1.165, 1.54) is 11.3 Å². The summed E-state index contributed by atoms with van der Waals surface area (Å²) in [6, 6.07) is 10.3. The molecule has 1 unspecified atom stereocenters. The summed E-state index contributed by atoms with van der Waals surface area (Å²) in [6.07, 6.45) is 2.04. The van der Waals surface area contributed by atoms with Gasteiger partial charge in [-0.15, -0.1) is 0 Å². The summed E-state index contributed by atoms with van der Waals surface area (Å²) in [4.78, 5) is 0. The number of nitrogens with zero attached hydrogens (tertiary/aromatic N) is 1. The lowest BCUT2D eigenvalue weighted by atomic mass is 9.74. The first-order chi connectivity index (χ1) is 8.57. The largest absolute Gasteiger partial charge is 0.324 e. The van der Waals surface area contributed by atoms with Gasteiger partial charge in [0.05, 0.1) is 5.69 Å². The first-order valence-corrected chi connectivity index (χ1v) is 6.45. The number of H-pyrrole nitrogens is 1. The highest BCUT2D eigenvalue weighted by atomic mass is 15.1. The maximum atomic E-state index is 6.34. The molecule has 0 aliphatic heterocycles. The summed E-state index contributed by atoms with van der Waals surface area (Å²) < 4.78 is 0. The van der Waals surface area contributed by atoms with Gasteiger partial charge in [-0.3, -0.25) is 5.10 Å². The molecule has 3 nitrogen and oxygen atoms in total. The van der Waals surface area contributed by atoms with E-state index in [1.54, 1.807) is 0 Å². The fourth-order valence-corrected chi connectivity index (χ4v) is 2.99. The van der Waals surface area contributed by atoms with Crippen LogP contribution >= 0.6 is 0 Å². The Hall–Kier alpha value is -1.61. The summed E-state index contributed by atoms with van der Waals surface area (Å²) in [7, 11) is 0. The van der Waals surface area contributed by atoms with Gasteiger partial charge in [0.15, 0.2) is 0 Å². The van der Waals surface area contributed by atoms with E-state index < -0.39 is 0 Å². The molecule has 0 saturated heterocycles. The Balaban J connectivity index is 2.09. The average molecular weight is 241 g/mol. The highest BCUT2D eigenvalue weighted by Crippen LogP contribution is 2.42. The molecule has 2 aromatic rings. The van der Waals surface area contributed by atoms with E-state index in [9.17, 15) is 0 Å². The molecule has 0 bridgehead atoms. The Morgan fingerprint density at radius 3 is 2.72 bits per heavy atom. The smallest absolute Gasteiger partial charge is 0.0971 e. The molecule has 1 heterocycles. The fraction of sp³-hybridized carbons (Fsp3) is 0.400. The van der Waals surface area contributed by atoms with Crippen molar-refractivity contribution in [3.05, 3.63) is 41.6 Å². The van der Waals surface area contributed by atoms with Gasteiger partial charge in [0, 0.05) is 22.9 Å². The van der Waals surface area contributed by atoms with Gasteiger partial charge in [0.25, 0.3) is 0 Å². The van der Waals surface area contributed by atoms with Crippen molar-refractivity contribution in [3.8, 4) is 11.3 Å². The second kappa shape index (κ2) is 3.95. The lowest BCUT2D eigenvalue weighted by Crippen LogP contribution is -2.29. The third kappa shape index (κ3) is 1.85. The van der Waals surface area contributed by atoms with Gasteiger partial charge in [0.2, 0.25) is 0 Å². The number of rotatable bonds is 1. The van der Waals surface area contributed by atoms with Gasteiger partial charge in [-0.2, -0.15) is 5.10 Å². The van der Waals surface area contributed by atoms with E-state index in [0.29, 0.717) is 0 Å². The van der Waals surface area contributed by atoms with Crippen LogP contribution in [0.2, 0.25) is 0 Å². The van der Waals surface area contributed by atoms with Crippen LogP contribution in [0.15, 0.2) is 30.3 Å². The standard InChI is InChI=1S/C15H19N3/c1-15(2)8-11(16)13-12(9-15)17-18-14(13)10-6-4-3-5-7-10/h3-7,11H,8-9,16H2,1-2H3,(H,17,18). The Morgan fingerprint density at radius 2 is 2.00 bits per heavy atom. The molecule has 3 N–H and O–H groups in total. The molecule has 1 aliphatic carbocycles. The van der Waals surface area contributed by atoms with Crippen LogP contribution in [0.1, 0.15) is 37.6 Å². The Kier molecular flexibility index (Phi) is 2.52. The van der Waals surface area contributed by atoms with E-state index in [0.717, 1.165) is 24.1 Å². The zero-order valence-corrected chi connectivity index (χ0v) is 10.9. The van der Waals surface area contributed by atoms with Crippen molar-refractivity contribution in [1.82, 2.24) is 10.2 Å². The molecule has 94 valence electrons. The van der Waals surface area contributed by atoms with Crippen LogP contribution < -0.4 is 5.73 Å². The predicted molar refractivity (Wildman–Crippen MR) is 73.1 cm³/mol. The van der Waals surface area contributed by atoms with E-state index in [1.807, 2.05) is 18.2 Å². The maximum absolute atomic E-state index is 6.34. The molecule has 0 radical (unpaired) electrons. The number of benzene rings is 1. The highest BCUT2D eigenvalue weighted by molar-refractivity contribution is 5.65. The van der Waals surface area contributed by atoms with Crippen molar-refractivity contribution < 1.29 is 0 Å². The van der Waals surface area contributed by atoms with Gasteiger partial charge in [0.1, 0.15) is 0 Å². The minimum Gasteiger partial charge on any atom is -0.324 e. The molecule has 3 rings (SSSR count). The van der Waals surface area contributed by atoms with Crippen LogP contribution in [0.4, 0.5) is 0 Å². The van der Waals surface area contributed by atoms with Gasteiger partial charge >= 0.3 is 0 Å². The number of hydrogen-bond acceptors (Lipinski definition) is 2. The van der Waals surface area contributed by atoms with Gasteiger partial charge in [-0.1, -0.05) is 44.2 Å². The van der Waals surface area contributed by atoms with Gasteiger partial charge in [-0.05, 0) is 18.3 Å². The lowest BCUT2D eigenvalue weighted by Gasteiger charge is -2.33. The van der Waals surface area contributed by atoms with E-state index >= 15 is 0 Å². The minimum absolute atomic E-state index is 0.0812. The van der Waals surface area contributed by atoms with Crippen LogP contribution in [0.5, 0.6) is 0 Å². The maximum Gasteiger partial charge on any atom is 0.0971 e. The summed E-state index contributed by atoms with van der Waals surface area (Å²) in [5, 5.41) is 7.66. The predicted octanol–water partition coefficient (Wildman–Crippen LogP) is 3.05. The molecular weight excluding hydrogens is 222 g/mol. The van der Waals surface area contributed by atoms with E-state index in [2.05, 4.69) is 36.2 Å². The average Bonchev–Trinajstić information content (AvgIpc) is 2.72. The first-order valence-electron chi connectivity index (χ1n) is 6.45. The third-order valence-corrected chi connectivity index (χ3v) is 3.73. The molecule has 1 aromatic carbocycles. The van der Waals surface area contributed by atoms with Gasteiger partial charge in [-0.25, -0.2) is 0 Å². The molecule has 1 aromatic heterocycles. The number of aromatic amines is 1. The Morgan fingerprint density at radius 1 is 1.28 bits per heavy atom. The number of aromatic nitrogens is 2. The van der Waals surface area contributed by atoms with Crippen molar-refractivity contribution in [2.75, 3.05) is 0 Å². The monoisotopic (exact) mass is 241 g/mol. The summed E-state index contributed by atoms with van der Waals surface area (Å²) >= 11 is 0. The topological polar surface area (TPSA) is 54.7 Å². The summed E-state index contributed by atoms with van der Waals surface area (Å²) in [5.41, 5.74) is 11.2. The SMILES string of the molecule is CC1(C)Cc2[nH]nc(-c3ccccc3)c2C(N)C1. The lowest BCUT2D eigenvalue weighted by molar-refractivity contribution is 0.280. The Labute approximate surface area is 107 Å². The third-order valence-electron chi connectivity index (χ3n) is 3.73. The van der Waals surface area contributed by atoms with Crippen molar-refractivity contribution in [2.24, 2.45) is 11.1 Å². The van der Waals surface area contributed by atoms with Crippen LogP contribution in [0.25, 0.3) is 11.3 Å². The summed E-state index contributed by atoms with van der Waals surface area (Å²) in [5.74, 6) is 0. The molecule has 0 amide bonds. The van der Waals surface area contributed by atoms with Crippen LogP contribution in [-0.2, 0) is 6.42 Å². The molecule has 0 saturated carbocycles. The molecule has 0 spiro atoms. The quantitative estimate of drug-likeness (QED) is 0.806. The first kappa shape index (κ1) is 11.5.